The van der Waals surface area contributed by atoms with Gasteiger partial charge in [0, 0.05) is 25.7 Å². The Morgan fingerprint density at radius 2 is 1.82 bits per heavy atom. The summed E-state index contributed by atoms with van der Waals surface area (Å²) < 4.78 is 24.4. The Morgan fingerprint density at radius 1 is 1.11 bits per heavy atom. The second kappa shape index (κ2) is 12.4. The zero-order valence-electron chi connectivity index (χ0n) is 16.9. The highest BCUT2D eigenvalue weighted by Crippen LogP contribution is 2.27. The number of ether oxygens (including phenoxy) is 2. The first-order chi connectivity index (χ1) is 13.1. The topological polar surface area (TPSA) is 46.1 Å². The third-order valence-corrected chi connectivity index (χ3v) is 4.24. The highest BCUT2D eigenvalue weighted by atomic mass is 127. The van der Waals surface area contributed by atoms with E-state index in [1.807, 2.05) is 43.1 Å². The van der Waals surface area contributed by atoms with E-state index in [-0.39, 0.29) is 29.8 Å². The maximum atomic E-state index is 13.8. The van der Waals surface area contributed by atoms with Gasteiger partial charge in [0.15, 0.2) is 17.5 Å². The molecule has 0 bridgehead atoms. The molecule has 0 saturated carbocycles. The van der Waals surface area contributed by atoms with Gasteiger partial charge in [0.2, 0.25) is 0 Å². The molecule has 0 fully saturated rings. The molecule has 0 amide bonds. The van der Waals surface area contributed by atoms with E-state index >= 15 is 0 Å². The van der Waals surface area contributed by atoms with Crippen LogP contribution in [0.25, 0.3) is 0 Å². The van der Waals surface area contributed by atoms with Crippen LogP contribution in [0.3, 0.4) is 0 Å². The third kappa shape index (κ3) is 6.85. The molecule has 0 aliphatic heterocycles. The van der Waals surface area contributed by atoms with E-state index in [1.54, 1.807) is 26.4 Å². The van der Waals surface area contributed by atoms with Crippen molar-refractivity contribution in [1.29, 1.82) is 0 Å². The Labute approximate surface area is 184 Å². The van der Waals surface area contributed by atoms with E-state index in [0.29, 0.717) is 12.1 Å². The number of hydrogen-bond acceptors (Lipinski definition) is 3. The minimum Gasteiger partial charge on any atom is -0.493 e. The van der Waals surface area contributed by atoms with Gasteiger partial charge in [-0.15, -0.1) is 24.0 Å². The van der Waals surface area contributed by atoms with Crippen LogP contribution in [0, 0.1) is 5.82 Å². The molecule has 0 unspecified atom stereocenters. The van der Waals surface area contributed by atoms with Crippen LogP contribution in [0.1, 0.15) is 18.1 Å². The molecule has 0 aliphatic rings. The highest BCUT2D eigenvalue weighted by molar-refractivity contribution is 14.0. The van der Waals surface area contributed by atoms with E-state index in [4.69, 9.17) is 9.47 Å². The van der Waals surface area contributed by atoms with Crippen molar-refractivity contribution in [2.75, 3.05) is 34.4 Å². The minimum atomic E-state index is -0.231. The normalized spacial score (nSPS) is 10.8. The smallest absolute Gasteiger partial charge is 0.193 e. The van der Waals surface area contributed by atoms with Crippen LogP contribution in [-0.4, -0.2) is 45.2 Å². The molecule has 2 aromatic carbocycles. The molecule has 1 N–H and O–H groups in total. The van der Waals surface area contributed by atoms with Crippen molar-refractivity contribution in [2.24, 2.45) is 4.99 Å². The monoisotopic (exact) mass is 501 g/mol. The van der Waals surface area contributed by atoms with Crippen molar-refractivity contribution in [3.63, 3.8) is 0 Å². The second-order valence-electron chi connectivity index (χ2n) is 6.12. The lowest BCUT2D eigenvalue weighted by Crippen LogP contribution is -2.40. The summed E-state index contributed by atoms with van der Waals surface area (Å²) in [6.45, 7) is 3.83. The predicted octanol–water partition coefficient (Wildman–Crippen LogP) is 4.10. The summed E-state index contributed by atoms with van der Waals surface area (Å²) in [5.41, 5.74) is 1.73. The van der Waals surface area contributed by atoms with Crippen molar-refractivity contribution in [3.05, 3.63) is 59.4 Å². The van der Waals surface area contributed by atoms with E-state index in [2.05, 4.69) is 10.3 Å². The fourth-order valence-corrected chi connectivity index (χ4v) is 2.70. The minimum absolute atomic E-state index is 0. The van der Waals surface area contributed by atoms with E-state index < -0.39 is 0 Å². The Kier molecular flexibility index (Phi) is 10.7. The van der Waals surface area contributed by atoms with Crippen molar-refractivity contribution < 1.29 is 13.9 Å². The SMILES string of the molecule is CCNC(=NCc1ccccc1F)N(C)CCc1ccc(OC)c(OC)c1.I. The lowest BCUT2D eigenvalue weighted by atomic mass is 10.1. The molecule has 0 aliphatic carbocycles. The molecule has 0 aromatic heterocycles. The number of guanidine groups is 1. The van der Waals surface area contributed by atoms with Crippen LogP contribution >= 0.6 is 24.0 Å². The standard InChI is InChI=1S/C21H28FN3O2.HI/c1-5-23-21(24-15-17-8-6-7-9-18(17)22)25(2)13-12-16-10-11-19(26-3)20(14-16)27-4;/h6-11,14H,5,12-13,15H2,1-4H3,(H,23,24);1H. The quantitative estimate of drug-likeness (QED) is 0.336. The molecule has 0 saturated heterocycles. The molecule has 0 radical (unpaired) electrons. The van der Waals surface area contributed by atoms with Crippen LogP contribution in [0.2, 0.25) is 0 Å². The van der Waals surface area contributed by atoms with Gasteiger partial charge in [0.1, 0.15) is 5.82 Å². The summed E-state index contributed by atoms with van der Waals surface area (Å²) in [4.78, 5) is 6.61. The molecule has 7 heteroatoms. The molecular weight excluding hydrogens is 472 g/mol. The van der Waals surface area contributed by atoms with Crippen molar-refractivity contribution in [2.45, 2.75) is 19.9 Å². The van der Waals surface area contributed by atoms with Crippen molar-refractivity contribution in [1.82, 2.24) is 10.2 Å². The van der Waals surface area contributed by atoms with E-state index in [1.165, 1.54) is 6.07 Å². The number of nitrogens with one attached hydrogen (secondary N) is 1. The Morgan fingerprint density at radius 3 is 2.46 bits per heavy atom. The predicted molar refractivity (Wildman–Crippen MR) is 123 cm³/mol. The molecule has 2 rings (SSSR count). The van der Waals surface area contributed by atoms with Gasteiger partial charge >= 0.3 is 0 Å². The van der Waals surface area contributed by atoms with E-state index in [0.717, 1.165) is 42.5 Å². The van der Waals surface area contributed by atoms with Gasteiger partial charge in [-0.2, -0.15) is 0 Å². The number of hydrogen-bond donors (Lipinski definition) is 1. The summed E-state index contributed by atoms with van der Waals surface area (Å²) in [5, 5.41) is 3.26. The average molecular weight is 501 g/mol. The Balaban J connectivity index is 0.00000392. The fourth-order valence-electron chi connectivity index (χ4n) is 2.70. The first-order valence-electron chi connectivity index (χ1n) is 9.02. The molecule has 154 valence electrons. The van der Waals surface area contributed by atoms with Crippen molar-refractivity contribution >= 4 is 29.9 Å². The van der Waals surface area contributed by atoms with Gasteiger partial charge in [-0.25, -0.2) is 9.38 Å². The second-order valence-corrected chi connectivity index (χ2v) is 6.12. The zero-order valence-corrected chi connectivity index (χ0v) is 19.2. The highest BCUT2D eigenvalue weighted by Gasteiger charge is 2.09. The summed E-state index contributed by atoms with van der Waals surface area (Å²) in [6, 6.07) is 12.6. The van der Waals surface area contributed by atoms with Gasteiger partial charge in [0.25, 0.3) is 0 Å². The molecule has 2 aromatic rings. The molecule has 0 heterocycles. The summed E-state index contributed by atoms with van der Waals surface area (Å²) in [7, 11) is 5.23. The first kappa shape index (κ1) is 24.0. The largest absolute Gasteiger partial charge is 0.493 e. The average Bonchev–Trinajstić information content (AvgIpc) is 2.70. The Hall–Kier alpha value is -2.03. The van der Waals surface area contributed by atoms with E-state index in [9.17, 15) is 4.39 Å². The van der Waals surface area contributed by atoms with Crippen molar-refractivity contribution in [3.8, 4) is 11.5 Å². The molecule has 5 nitrogen and oxygen atoms in total. The van der Waals surface area contributed by atoms with Crippen LogP contribution in [-0.2, 0) is 13.0 Å². The van der Waals surface area contributed by atoms with Crippen LogP contribution in [0.5, 0.6) is 11.5 Å². The van der Waals surface area contributed by atoms with Gasteiger partial charge < -0.3 is 19.7 Å². The fraction of sp³-hybridized carbons (Fsp3) is 0.381. The molecule has 28 heavy (non-hydrogen) atoms. The molecular formula is C21H29FIN3O2. The lowest BCUT2D eigenvalue weighted by Gasteiger charge is -2.22. The zero-order chi connectivity index (χ0) is 19.6. The maximum Gasteiger partial charge on any atom is 0.193 e. The molecule has 0 spiro atoms. The lowest BCUT2D eigenvalue weighted by molar-refractivity contribution is 0.354. The van der Waals surface area contributed by atoms with Gasteiger partial charge in [-0.05, 0) is 37.1 Å². The number of nitrogens with zero attached hydrogens (tertiary/aromatic N) is 2. The first-order valence-corrected chi connectivity index (χ1v) is 9.02. The maximum absolute atomic E-state index is 13.8. The van der Waals surface area contributed by atoms with Crippen LogP contribution < -0.4 is 14.8 Å². The summed E-state index contributed by atoms with van der Waals surface area (Å²) >= 11 is 0. The number of methoxy groups -OCH3 is 2. The Bertz CT molecular complexity index is 771. The van der Waals surface area contributed by atoms with Gasteiger partial charge in [-0.1, -0.05) is 24.3 Å². The van der Waals surface area contributed by atoms with Crippen LogP contribution in [0.15, 0.2) is 47.5 Å². The van der Waals surface area contributed by atoms with Crippen LogP contribution in [0.4, 0.5) is 4.39 Å². The van der Waals surface area contributed by atoms with Gasteiger partial charge in [-0.3, -0.25) is 0 Å². The third-order valence-electron chi connectivity index (χ3n) is 4.24. The number of rotatable bonds is 8. The number of likely N-dealkylation sites (N-methyl/N-ethyl adjacent to an activating group) is 1. The number of aliphatic imine (C=N–C) groups is 1. The summed E-state index contributed by atoms with van der Waals surface area (Å²) in [6.07, 6.45) is 0.820. The number of halogens is 2. The summed E-state index contributed by atoms with van der Waals surface area (Å²) in [5.74, 6) is 1.96. The van der Waals surface area contributed by atoms with Gasteiger partial charge in [0.05, 0.1) is 20.8 Å². The molecule has 0 atom stereocenters. The number of benzene rings is 2.